The van der Waals surface area contributed by atoms with Crippen LogP contribution in [0, 0.1) is 0 Å². The summed E-state index contributed by atoms with van der Waals surface area (Å²) < 4.78 is 6.80. The Bertz CT molecular complexity index is 882. The molecule has 0 saturated carbocycles. The third-order valence-corrected chi connectivity index (χ3v) is 4.55. The lowest BCUT2D eigenvalue weighted by molar-refractivity contribution is 0.102. The number of pyridine rings is 1. The predicted molar refractivity (Wildman–Crippen MR) is 91.1 cm³/mol. The number of carbonyl (C=O) groups is 1. The molecule has 0 aliphatic carbocycles. The van der Waals surface area contributed by atoms with Crippen molar-refractivity contribution in [2.75, 3.05) is 12.9 Å². The fourth-order valence-electron chi connectivity index (χ4n) is 2.01. The number of hydrogen-bond donors (Lipinski definition) is 0. The summed E-state index contributed by atoms with van der Waals surface area (Å²) in [5.74, 6) is 0.837. The number of hydrogen-bond acceptors (Lipinski definition) is 5. The lowest BCUT2D eigenvalue weighted by atomic mass is 10.1. The number of ketones is 1. The molecule has 0 saturated heterocycles. The Kier molecular flexibility index (Phi) is 4.75. The van der Waals surface area contributed by atoms with Gasteiger partial charge in [0.1, 0.15) is 5.75 Å². The first-order chi connectivity index (χ1) is 11.1. The van der Waals surface area contributed by atoms with E-state index in [0.29, 0.717) is 32.2 Å². The van der Waals surface area contributed by atoms with E-state index < -0.39 is 0 Å². The minimum Gasteiger partial charge on any atom is -0.497 e. The number of benzene rings is 1. The van der Waals surface area contributed by atoms with Gasteiger partial charge in [0.05, 0.1) is 22.9 Å². The summed E-state index contributed by atoms with van der Waals surface area (Å²) in [5.41, 5.74) is 1.09. The van der Waals surface area contributed by atoms with Crippen molar-refractivity contribution in [2.24, 2.45) is 0 Å². The van der Waals surface area contributed by atoms with Crippen molar-refractivity contribution in [2.45, 2.75) is 5.16 Å². The Hall–Kier alpha value is -1.76. The van der Waals surface area contributed by atoms with E-state index in [1.807, 2.05) is 0 Å². The third kappa shape index (κ3) is 3.44. The SMILES string of the molecule is COc1cccc(C(=O)CSc2nnc3c(Cl)cc(Cl)cn23)c1. The molecule has 0 fully saturated rings. The largest absolute Gasteiger partial charge is 0.497 e. The van der Waals surface area contributed by atoms with Gasteiger partial charge in [-0.25, -0.2) is 0 Å². The molecule has 0 bridgehead atoms. The number of ether oxygens (including phenoxy) is 1. The number of methoxy groups -OCH3 is 1. The van der Waals surface area contributed by atoms with Crippen LogP contribution in [0.4, 0.5) is 0 Å². The normalized spacial score (nSPS) is 10.9. The first-order valence-corrected chi connectivity index (χ1v) is 8.32. The maximum absolute atomic E-state index is 12.3. The van der Waals surface area contributed by atoms with Crippen molar-refractivity contribution < 1.29 is 9.53 Å². The van der Waals surface area contributed by atoms with Crippen LogP contribution >= 0.6 is 35.0 Å². The molecule has 3 rings (SSSR count). The summed E-state index contributed by atoms with van der Waals surface area (Å²) in [6, 6.07) is 8.63. The number of Topliss-reactive ketones (excluding diaryl/α,β-unsaturated/α-hetero) is 1. The molecule has 8 heteroatoms. The first kappa shape index (κ1) is 16.1. The summed E-state index contributed by atoms with van der Waals surface area (Å²) >= 11 is 13.3. The Balaban J connectivity index is 1.79. The predicted octanol–water partition coefficient (Wildman–Crippen LogP) is 4.02. The van der Waals surface area contributed by atoms with Crippen LogP contribution in [0.1, 0.15) is 10.4 Å². The summed E-state index contributed by atoms with van der Waals surface area (Å²) in [4.78, 5) is 12.3. The van der Waals surface area contributed by atoms with E-state index in [2.05, 4.69) is 10.2 Å². The van der Waals surface area contributed by atoms with Gasteiger partial charge >= 0.3 is 0 Å². The monoisotopic (exact) mass is 367 g/mol. The van der Waals surface area contributed by atoms with Crippen LogP contribution in [0.15, 0.2) is 41.7 Å². The lowest BCUT2D eigenvalue weighted by Crippen LogP contribution is -2.03. The highest BCUT2D eigenvalue weighted by atomic mass is 35.5. The van der Waals surface area contributed by atoms with E-state index in [1.54, 1.807) is 48.0 Å². The van der Waals surface area contributed by atoms with Crippen LogP contribution in [-0.4, -0.2) is 33.2 Å². The molecule has 5 nitrogen and oxygen atoms in total. The lowest BCUT2D eigenvalue weighted by Gasteiger charge is -2.04. The zero-order valence-electron chi connectivity index (χ0n) is 12.0. The summed E-state index contributed by atoms with van der Waals surface area (Å²) in [6.07, 6.45) is 1.67. The molecule has 23 heavy (non-hydrogen) atoms. The Morgan fingerprint density at radius 2 is 2.13 bits per heavy atom. The van der Waals surface area contributed by atoms with Crippen molar-refractivity contribution in [3.05, 3.63) is 52.1 Å². The maximum atomic E-state index is 12.3. The van der Waals surface area contributed by atoms with Crippen molar-refractivity contribution >= 4 is 46.4 Å². The highest BCUT2D eigenvalue weighted by molar-refractivity contribution is 7.99. The summed E-state index contributed by atoms with van der Waals surface area (Å²) in [5, 5.41) is 9.50. The quantitative estimate of drug-likeness (QED) is 0.503. The van der Waals surface area contributed by atoms with E-state index in [9.17, 15) is 4.79 Å². The van der Waals surface area contributed by atoms with E-state index >= 15 is 0 Å². The second-order valence-electron chi connectivity index (χ2n) is 4.63. The van der Waals surface area contributed by atoms with Crippen LogP contribution in [0.2, 0.25) is 10.0 Å². The first-order valence-electron chi connectivity index (χ1n) is 6.58. The maximum Gasteiger partial charge on any atom is 0.196 e. The van der Waals surface area contributed by atoms with Crippen molar-refractivity contribution in [3.8, 4) is 5.75 Å². The fraction of sp³-hybridized carbons (Fsp3) is 0.133. The van der Waals surface area contributed by atoms with Gasteiger partial charge in [0.2, 0.25) is 0 Å². The number of thioether (sulfide) groups is 1. The average Bonchev–Trinajstić information content (AvgIpc) is 2.96. The zero-order valence-corrected chi connectivity index (χ0v) is 14.3. The fourth-order valence-corrected chi connectivity index (χ4v) is 3.32. The molecule has 2 aromatic heterocycles. The van der Waals surface area contributed by atoms with Crippen molar-refractivity contribution in [3.63, 3.8) is 0 Å². The van der Waals surface area contributed by atoms with Crippen molar-refractivity contribution in [1.29, 1.82) is 0 Å². The van der Waals surface area contributed by atoms with E-state index in [-0.39, 0.29) is 11.5 Å². The standard InChI is InChI=1S/C15H11Cl2N3O2S/c1-22-11-4-2-3-9(5-11)13(21)8-23-15-19-18-14-12(17)6-10(16)7-20(14)15/h2-7H,8H2,1H3. The van der Waals surface area contributed by atoms with Gasteiger partial charge < -0.3 is 4.74 Å². The number of carbonyl (C=O) groups excluding carboxylic acids is 1. The Morgan fingerprint density at radius 3 is 2.91 bits per heavy atom. The summed E-state index contributed by atoms with van der Waals surface area (Å²) in [7, 11) is 1.56. The molecule has 0 radical (unpaired) electrons. The van der Waals surface area contributed by atoms with Gasteiger partial charge in [-0.15, -0.1) is 10.2 Å². The van der Waals surface area contributed by atoms with Gasteiger partial charge in [0.25, 0.3) is 0 Å². The van der Waals surface area contributed by atoms with E-state index in [0.717, 1.165) is 0 Å². The second-order valence-corrected chi connectivity index (χ2v) is 6.41. The van der Waals surface area contributed by atoms with Gasteiger partial charge in [0, 0.05) is 11.8 Å². The van der Waals surface area contributed by atoms with Gasteiger partial charge in [-0.2, -0.15) is 0 Å². The van der Waals surface area contributed by atoms with E-state index in [1.165, 1.54) is 11.8 Å². The molecule has 0 aliphatic rings. The molecule has 0 unspecified atom stereocenters. The summed E-state index contributed by atoms with van der Waals surface area (Å²) in [6.45, 7) is 0. The average molecular weight is 368 g/mol. The van der Waals surface area contributed by atoms with Crippen LogP contribution in [-0.2, 0) is 0 Å². The molecule has 2 heterocycles. The topological polar surface area (TPSA) is 56.5 Å². The number of fused-ring (bicyclic) bond motifs is 1. The minimum absolute atomic E-state index is 0.0289. The highest BCUT2D eigenvalue weighted by Gasteiger charge is 2.13. The zero-order chi connectivity index (χ0) is 16.4. The third-order valence-electron chi connectivity index (χ3n) is 3.12. The number of aromatic nitrogens is 3. The van der Waals surface area contributed by atoms with Crippen LogP contribution in [0.3, 0.4) is 0 Å². The molecule has 0 aliphatic heterocycles. The molecule has 3 aromatic rings. The molecule has 1 aromatic carbocycles. The van der Waals surface area contributed by atoms with Gasteiger partial charge in [-0.3, -0.25) is 9.20 Å². The Labute approximate surface area is 146 Å². The minimum atomic E-state index is -0.0289. The van der Waals surface area contributed by atoms with Crippen LogP contribution in [0.25, 0.3) is 5.65 Å². The molecule has 0 spiro atoms. The number of rotatable bonds is 5. The van der Waals surface area contributed by atoms with Gasteiger partial charge in [-0.05, 0) is 18.2 Å². The van der Waals surface area contributed by atoms with Crippen molar-refractivity contribution in [1.82, 2.24) is 14.6 Å². The smallest absolute Gasteiger partial charge is 0.196 e. The molecule has 0 amide bonds. The molecule has 0 N–H and O–H groups in total. The highest BCUT2D eigenvalue weighted by Crippen LogP contribution is 2.26. The van der Waals surface area contributed by atoms with Gasteiger partial charge in [-0.1, -0.05) is 47.1 Å². The van der Waals surface area contributed by atoms with E-state index in [4.69, 9.17) is 27.9 Å². The number of nitrogens with zero attached hydrogens (tertiary/aromatic N) is 3. The number of halogens is 2. The molecule has 118 valence electrons. The van der Waals surface area contributed by atoms with Crippen LogP contribution < -0.4 is 4.74 Å². The van der Waals surface area contributed by atoms with Gasteiger partial charge in [0.15, 0.2) is 16.6 Å². The molecule has 0 atom stereocenters. The Morgan fingerprint density at radius 1 is 1.30 bits per heavy atom. The second kappa shape index (κ2) is 6.78. The molecular formula is C15H11Cl2N3O2S. The van der Waals surface area contributed by atoms with Crippen LogP contribution in [0.5, 0.6) is 5.75 Å². The molecular weight excluding hydrogens is 357 g/mol.